The molecular formula is C16H20N4OS. The third kappa shape index (κ3) is 2.13. The predicted molar refractivity (Wildman–Crippen MR) is 87.8 cm³/mol. The molecule has 0 bridgehead atoms. The molecule has 116 valence electrons. The first-order chi connectivity index (χ1) is 10.6. The van der Waals surface area contributed by atoms with Crippen LogP contribution in [0.1, 0.15) is 47.3 Å². The van der Waals surface area contributed by atoms with Crippen LogP contribution in [-0.2, 0) is 19.4 Å². The lowest BCUT2D eigenvalue weighted by atomic mass is 9.94. The fraction of sp³-hybridized carbons (Fsp3) is 0.500. The van der Waals surface area contributed by atoms with Gasteiger partial charge in [0.15, 0.2) is 0 Å². The minimum atomic E-state index is -0.420. The molecule has 1 saturated carbocycles. The summed E-state index contributed by atoms with van der Waals surface area (Å²) in [6.45, 7) is 1.01. The second-order valence-electron chi connectivity index (χ2n) is 6.38. The lowest BCUT2D eigenvalue weighted by molar-refractivity contribution is 0.100. The molecule has 0 aromatic carbocycles. The number of carbonyl (C=O) groups excluding carboxylic acids is 1. The number of hydrogen-bond acceptors (Lipinski definition) is 4. The summed E-state index contributed by atoms with van der Waals surface area (Å²) in [5.74, 6) is 0.340. The number of nitrogens with two attached hydrogens (primary N) is 2. The summed E-state index contributed by atoms with van der Waals surface area (Å²) >= 11 is 1.47. The molecule has 0 saturated heterocycles. The van der Waals surface area contributed by atoms with Gasteiger partial charge in [0, 0.05) is 23.2 Å². The van der Waals surface area contributed by atoms with Gasteiger partial charge in [-0.2, -0.15) is 5.10 Å². The lowest BCUT2D eigenvalue weighted by Gasteiger charge is -2.11. The topological polar surface area (TPSA) is 86.9 Å². The van der Waals surface area contributed by atoms with Gasteiger partial charge in [0.25, 0.3) is 5.91 Å². The SMILES string of the molecule is NC(=O)c1c(N)sc2c1CCc1nn(CC3CCCC3)cc1-2. The van der Waals surface area contributed by atoms with Gasteiger partial charge in [-0.15, -0.1) is 11.3 Å². The molecule has 0 spiro atoms. The summed E-state index contributed by atoms with van der Waals surface area (Å²) in [5, 5.41) is 5.30. The smallest absolute Gasteiger partial charge is 0.251 e. The van der Waals surface area contributed by atoms with Crippen molar-refractivity contribution in [3.63, 3.8) is 0 Å². The number of fused-ring (bicyclic) bond motifs is 3. The summed E-state index contributed by atoms with van der Waals surface area (Å²) < 4.78 is 2.09. The molecular weight excluding hydrogens is 296 g/mol. The largest absolute Gasteiger partial charge is 0.390 e. The Morgan fingerprint density at radius 1 is 1.36 bits per heavy atom. The van der Waals surface area contributed by atoms with E-state index < -0.39 is 5.91 Å². The first-order valence-corrected chi connectivity index (χ1v) is 8.72. The predicted octanol–water partition coefficient (Wildman–Crippen LogP) is 2.58. The Bertz CT molecular complexity index is 740. The van der Waals surface area contributed by atoms with E-state index in [0.29, 0.717) is 10.6 Å². The highest BCUT2D eigenvalue weighted by Crippen LogP contribution is 2.43. The third-order valence-corrected chi connectivity index (χ3v) is 5.99. The Balaban J connectivity index is 1.70. The van der Waals surface area contributed by atoms with E-state index in [1.165, 1.54) is 37.0 Å². The molecule has 1 fully saturated rings. The van der Waals surface area contributed by atoms with E-state index >= 15 is 0 Å². The maximum absolute atomic E-state index is 11.6. The molecule has 4 N–H and O–H groups in total. The van der Waals surface area contributed by atoms with Crippen LogP contribution in [0.25, 0.3) is 10.4 Å². The highest BCUT2D eigenvalue weighted by atomic mass is 32.1. The van der Waals surface area contributed by atoms with Crippen molar-refractivity contribution >= 4 is 22.2 Å². The Labute approximate surface area is 133 Å². The summed E-state index contributed by atoms with van der Waals surface area (Å²) in [7, 11) is 0. The molecule has 5 nitrogen and oxygen atoms in total. The van der Waals surface area contributed by atoms with Crippen molar-refractivity contribution in [2.24, 2.45) is 11.7 Å². The molecule has 2 heterocycles. The molecule has 0 atom stereocenters. The van der Waals surface area contributed by atoms with Crippen LogP contribution in [0.5, 0.6) is 0 Å². The Kier molecular flexibility index (Phi) is 3.22. The molecule has 2 aliphatic carbocycles. The van der Waals surface area contributed by atoms with E-state index in [1.54, 1.807) is 0 Å². The van der Waals surface area contributed by atoms with Gasteiger partial charge < -0.3 is 11.5 Å². The number of primary amides is 1. The minimum absolute atomic E-state index is 0.420. The van der Waals surface area contributed by atoms with Crippen LogP contribution in [0.4, 0.5) is 5.00 Å². The molecule has 1 amide bonds. The van der Waals surface area contributed by atoms with Crippen molar-refractivity contribution in [2.75, 3.05) is 5.73 Å². The lowest BCUT2D eigenvalue weighted by Crippen LogP contribution is -2.15. The minimum Gasteiger partial charge on any atom is -0.390 e. The highest BCUT2D eigenvalue weighted by Gasteiger charge is 2.28. The van der Waals surface area contributed by atoms with Crippen molar-refractivity contribution < 1.29 is 4.79 Å². The fourth-order valence-electron chi connectivity index (χ4n) is 3.84. The number of aromatic nitrogens is 2. The van der Waals surface area contributed by atoms with Crippen LogP contribution in [0.2, 0.25) is 0 Å². The summed E-state index contributed by atoms with van der Waals surface area (Å²) in [6, 6.07) is 0. The second-order valence-corrected chi connectivity index (χ2v) is 7.43. The van der Waals surface area contributed by atoms with Crippen molar-refractivity contribution in [1.29, 1.82) is 0 Å². The third-order valence-electron chi connectivity index (χ3n) is 4.90. The van der Waals surface area contributed by atoms with E-state index in [-0.39, 0.29) is 0 Å². The number of rotatable bonds is 3. The average Bonchev–Trinajstić information content (AvgIpc) is 3.15. The fourth-order valence-corrected chi connectivity index (χ4v) is 4.99. The number of nitrogens with zero attached hydrogens (tertiary/aromatic N) is 2. The number of thiophene rings is 1. The zero-order valence-electron chi connectivity index (χ0n) is 12.5. The Morgan fingerprint density at radius 2 is 2.14 bits per heavy atom. The van der Waals surface area contributed by atoms with Crippen LogP contribution >= 0.6 is 11.3 Å². The van der Waals surface area contributed by atoms with E-state index in [0.717, 1.165) is 47.0 Å². The van der Waals surface area contributed by atoms with Gasteiger partial charge in [0.1, 0.15) is 0 Å². The molecule has 4 rings (SSSR count). The molecule has 0 unspecified atom stereocenters. The van der Waals surface area contributed by atoms with E-state index in [2.05, 4.69) is 10.9 Å². The number of nitrogen functional groups attached to an aromatic ring is 1. The van der Waals surface area contributed by atoms with Gasteiger partial charge in [0.05, 0.1) is 16.3 Å². The maximum Gasteiger partial charge on any atom is 0.251 e. The van der Waals surface area contributed by atoms with Gasteiger partial charge in [-0.25, -0.2) is 0 Å². The normalized spacial score (nSPS) is 17.5. The quantitative estimate of drug-likeness (QED) is 0.912. The maximum atomic E-state index is 11.6. The second kappa shape index (κ2) is 5.12. The first-order valence-electron chi connectivity index (χ1n) is 7.91. The number of carbonyl (C=O) groups is 1. The number of aryl methyl sites for hydroxylation is 1. The molecule has 2 aliphatic rings. The van der Waals surface area contributed by atoms with Gasteiger partial charge in [0.2, 0.25) is 0 Å². The van der Waals surface area contributed by atoms with Crippen LogP contribution < -0.4 is 11.5 Å². The van der Waals surface area contributed by atoms with Gasteiger partial charge >= 0.3 is 0 Å². The first kappa shape index (κ1) is 13.8. The van der Waals surface area contributed by atoms with Crippen LogP contribution in [-0.4, -0.2) is 15.7 Å². The van der Waals surface area contributed by atoms with Crippen molar-refractivity contribution in [3.8, 4) is 10.4 Å². The molecule has 2 aromatic heterocycles. The number of hydrogen-bond donors (Lipinski definition) is 2. The molecule has 2 aromatic rings. The molecule has 22 heavy (non-hydrogen) atoms. The van der Waals surface area contributed by atoms with Crippen LogP contribution in [0.15, 0.2) is 6.20 Å². The number of amides is 1. The van der Waals surface area contributed by atoms with Crippen molar-refractivity contribution in [1.82, 2.24) is 9.78 Å². The molecule has 6 heteroatoms. The standard InChI is InChI=1S/C16H20N4OS/c17-15(21)13-10-5-6-12-11(14(10)22-16(13)18)8-20(19-12)7-9-3-1-2-4-9/h8-9H,1-7,18H2,(H2,17,21). The van der Waals surface area contributed by atoms with Gasteiger partial charge in [-0.1, -0.05) is 12.8 Å². The van der Waals surface area contributed by atoms with E-state index in [1.807, 2.05) is 0 Å². The zero-order valence-corrected chi connectivity index (χ0v) is 13.3. The van der Waals surface area contributed by atoms with Gasteiger partial charge in [-0.3, -0.25) is 9.48 Å². The Morgan fingerprint density at radius 3 is 2.86 bits per heavy atom. The van der Waals surface area contributed by atoms with Crippen LogP contribution in [0.3, 0.4) is 0 Å². The van der Waals surface area contributed by atoms with Crippen LogP contribution in [0, 0.1) is 5.92 Å². The summed E-state index contributed by atoms with van der Waals surface area (Å²) in [5.41, 5.74) is 15.3. The van der Waals surface area contributed by atoms with E-state index in [4.69, 9.17) is 16.6 Å². The number of anilines is 1. The van der Waals surface area contributed by atoms with Gasteiger partial charge in [-0.05, 0) is 37.2 Å². The molecule has 0 radical (unpaired) electrons. The Hall–Kier alpha value is -1.82. The zero-order chi connectivity index (χ0) is 15.3. The van der Waals surface area contributed by atoms with E-state index in [9.17, 15) is 4.79 Å². The summed E-state index contributed by atoms with van der Waals surface area (Å²) in [4.78, 5) is 12.7. The van der Waals surface area contributed by atoms with Crippen molar-refractivity contribution in [3.05, 3.63) is 23.0 Å². The highest BCUT2D eigenvalue weighted by molar-refractivity contribution is 7.20. The monoisotopic (exact) mass is 316 g/mol. The molecule has 0 aliphatic heterocycles. The summed E-state index contributed by atoms with van der Waals surface area (Å²) in [6.07, 6.45) is 9.11. The average molecular weight is 316 g/mol. The van der Waals surface area contributed by atoms with Crippen molar-refractivity contribution in [2.45, 2.75) is 45.1 Å².